The van der Waals surface area contributed by atoms with Crippen LogP contribution in [0.3, 0.4) is 0 Å². The molecule has 0 saturated heterocycles. The van der Waals surface area contributed by atoms with Crippen molar-refractivity contribution in [2.24, 2.45) is 5.73 Å². The molecule has 2 N–H and O–H groups in total. The molecule has 1 aromatic carbocycles. The summed E-state index contributed by atoms with van der Waals surface area (Å²) in [6, 6.07) is 9.91. The predicted octanol–water partition coefficient (Wildman–Crippen LogP) is 3.81. The summed E-state index contributed by atoms with van der Waals surface area (Å²) in [5, 5.41) is 2.03. The molecule has 0 spiro atoms. The van der Waals surface area contributed by atoms with E-state index in [1.54, 1.807) is 18.4 Å². The highest BCUT2D eigenvalue weighted by atomic mass is 32.1. The largest absolute Gasteiger partial charge is 0.493 e. The summed E-state index contributed by atoms with van der Waals surface area (Å²) in [6.45, 7) is 5.64. The van der Waals surface area contributed by atoms with Crippen molar-refractivity contribution in [1.29, 1.82) is 0 Å². The molecule has 0 bridgehead atoms. The van der Waals surface area contributed by atoms with Gasteiger partial charge < -0.3 is 20.1 Å². The standard InChI is InChI=1S/C20H28N2O3S/c1-4-22(20(23)10-7-15(2)21)13-16-8-9-18(19(12-16)24-3)25-14-17-6-5-11-26-17/h5-6,8-9,11-12,15H,4,7,10,13-14,21H2,1-3H3. The molecule has 0 saturated carbocycles. The van der Waals surface area contributed by atoms with Crippen LogP contribution in [0.25, 0.3) is 0 Å². The quantitative estimate of drug-likeness (QED) is 0.685. The molecule has 2 aromatic rings. The molecule has 1 unspecified atom stereocenters. The molecule has 5 nitrogen and oxygen atoms in total. The first-order valence-corrected chi connectivity index (χ1v) is 9.76. The number of nitrogens with zero attached hydrogens (tertiary/aromatic N) is 1. The van der Waals surface area contributed by atoms with E-state index in [9.17, 15) is 4.79 Å². The van der Waals surface area contributed by atoms with Crippen molar-refractivity contribution >= 4 is 17.2 Å². The lowest BCUT2D eigenvalue weighted by Crippen LogP contribution is -2.31. The summed E-state index contributed by atoms with van der Waals surface area (Å²) >= 11 is 1.66. The van der Waals surface area contributed by atoms with Gasteiger partial charge >= 0.3 is 0 Å². The van der Waals surface area contributed by atoms with Crippen LogP contribution in [-0.4, -0.2) is 30.5 Å². The molecular formula is C20H28N2O3S. The number of thiophene rings is 1. The van der Waals surface area contributed by atoms with Crippen LogP contribution in [0.4, 0.5) is 0 Å². The van der Waals surface area contributed by atoms with Gasteiger partial charge in [0.15, 0.2) is 11.5 Å². The van der Waals surface area contributed by atoms with E-state index in [4.69, 9.17) is 15.2 Å². The molecule has 6 heteroatoms. The molecule has 1 heterocycles. The van der Waals surface area contributed by atoms with Crippen molar-refractivity contribution in [2.75, 3.05) is 13.7 Å². The highest BCUT2D eigenvalue weighted by molar-refractivity contribution is 7.09. The minimum absolute atomic E-state index is 0.0394. The fraction of sp³-hybridized carbons (Fsp3) is 0.450. The first-order valence-electron chi connectivity index (χ1n) is 8.89. The summed E-state index contributed by atoms with van der Waals surface area (Å²) in [5.41, 5.74) is 6.77. The monoisotopic (exact) mass is 376 g/mol. The Morgan fingerprint density at radius 2 is 2.12 bits per heavy atom. The van der Waals surface area contributed by atoms with Crippen molar-refractivity contribution in [3.05, 3.63) is 46.2 Å². The lowest BCUT2D eigenvalue weighted by Gasteiger charge is -2.22. The molecule has 0 radical (unpaired) electrons. The number of carbonyl (C=O) groups excluding carboxylic acids is 1. The maximum atomic E-state index is 12.4. The number of hydrogen-bond donors (Lipinski definition) is 1. The van der Waals surface area contributed by atoms with Crippen molar-refractivity contribution < 1.29 is 14.3 Å². The van der Waals surface area contributed by atoms with Gasteiger partial charge in [-0.2, -0.15) is 0 Å². The Morgan fingerprint density at radius 1 is 1.31 bits per heavy atom. The first kappa shape index (κ1) is 20.3. The van der Waals surface area contributed by atoms with Gasteiger partial charge in [0.1, 0.15) is 6.61 Å². The van der Waals surface area contributed by atoms with Crippen molar-refractivity contribution in [3.63, 3.8) is 0 Å². The van der Waals surface area contributed by atoms with Crippen LogP contribution in [0.15, 0.2) is 35.7 Å². The average Bonchev–Trinajstić information content (AvgIpc) is 3.16. The lowest BCUT2D eigenvalue weighted by molar-refractivity contribution is -0.131. The van der Waals surface area contributed by atoms with Crippen LogP contribution in [-0.2, 0) is 17.9 Å². The predicted molar refractivity (Wildman–Crippen MR) is 106 cm³/mol. The van der Waals surface area contributed by atoms with Crippen LogP contribution in [0.2, 0.25) is 0 Å². The molecule has 0 aliphatic carbocycles. The van der Waals surface area contributed by atoms with E-state index in [0.717, 1.165) is 10.4 Å². The summed E-state index contributed by atoms with van der Waals surface area (Å²) in [4.78, 5) is 15.4. The van der Waals surface area contributed by atoms with Gasteiger partial charge in [0.25, 0.3) is 0 Å². The maximum Gasteiger partial charge on any atom is 0.222 e. The molecule has 26 heavy (non-hydrogen) atoms. The Morgan fingerprint density at radius 3 is 2.73 bits per heavy atom. The summed E-state index contributed by atoms with van der Waals surface area (Å²) in [6.07, 6.45) is 1.18. The Labute approximate surface area is 159 Å². The Kier molecular flexibility index (Phi) is 7.94. The van der Waals surface area contributed by atoms with Gasteiger partial charge in [-0.1, -0.05) is 12.1 Å². The van der Waals surface area contributed by atoms with Crippen molar-refractivity contribution in [2.45, 2.75) is 45.9 Å². The van der Waals surface area contributed by atoms with Crippen LogP contribution < -0.4 is 15.2 Å². The number of carbonyl (C=O) groups is 1. The smallest absolute Gasteiger partial charge is 0.222 e. The summed E-state index contributed by atoms with van der Waals surface area (Å²) in [7, 11) is 1.63. The number of rotatable bonds is 10. The van der Waals surface area contributed by atoms with Gasteiger partial charge in [-0.05, 0) is 49.4 Å². The van der Waals surface area contributed by atoms with E-state index >= 15 is 0 Å². The van der Waals surface area contributed by atoms with Gasteiger partial charge in [-0.15, -0.1) is 11.3 Å². The molecular weight excluding hydrogens is 348 g/mol. The van der Waals surface area contributed by atoms with Gasteiger partial charge in [0.2, 0.25) is 5.91 Å². The normalized spacial score (nSPS) is 11.8. The second kappa shape index (κ2) is 10.2. The number of amides is 1. The third-order valence-electron chi connectivity index (χ3n) is 4.10. The summed E-state index contributed by atoms with van der Waals surface area (Å²) < 4.78 is 11.3. The lowest BCUT2D eigenvalue weighted by atomic mass is 10.1. The van der Waals surface area contributed by atoms with Crippen molar-refractivity contribution in [3.8, 4) is 11.5 Å². The average molecular weight is 377 g/mol. The number of benzene rings is 1. The van der Waals surface area contributed by atoms with E-state index in [0.29, 0.717) is 44.0 Å². The van der Waals surface area contributed by atoms with E-state index < -0.39 is 0 Å². The SMILES string of the molecule is CCN(Cc1ccc(OCc2cccs2)c(OC)c1)C(=O)CCC(C)N. The topological polar surface area (TPSA) is 64.8 Å². The van der Waals surface area contributed by atoms with Gasteiger partial charge in [0, 0.05) is 30.4 Å². The van der Waals surface area contributed by atoms with Crippen LogP contribution in [0.1, 0.15) is 37.1 Å². The molecule has 1 amide bonds. The zero-order valence-corrected chi connectivity index (χ0v) is 16.6. The fourth-order valence-electron chi connectivity index (χ4n) is 2.58. The van der Waals surface area contributed by atoms with E-state index in [1.807, 2.05) is 54.5 Å². The minimum atomic E-state index is 0.0394. The first-order chi connectivity index (χ1) is 12.5. The molecule has 2 rings (SSSR count). The Bertz CT molecular complexity index is 686. The third kappa shape index (κ3) is 6.04. The Hall–Kier alpha value is -2.05. The molecule has 142 valence electrons. The fourth-order valence-corrected chi connectivity index (χ4v) is 3.20. The van der Waals surface area contributed by atoms with Gasteiger partial charge in [-0.3, -0.25) is 4.79 Å². The van der Waals surface area contributed by atoms with Crippen molar-refractivity contribution in [1.82, 2.24) is 4.90 Å². The van der Waals surface area contributed by atoms with Gasteiger partial charge in [-0.25, -0.2) is 0 Å². The zero-order valence-electron chi connectivity index (χ0n) is 15.7. The molecule has 1 aromatic heterocycles. The van der Waals surface area contributed by atoms with Crippen LogP contribution in [0, 0.1) is 0 Å². The van der Waals surface area contributed by atoms with Crippen LogP contribution in [0.5, 0.6) is 11.5 Å². The van der Waals surface area contributed by atoms with E-state index in [2.05, 4.69) is 0 Å². The highest BCUT2D eigenvalue weighted by Gasteiger charge is 2.14. The van der Waals surface area contributed by atoms with E-state index in [1.165, 1.54) is 0 Å². The second-order valence-electron chi connectivity index (χ2n) is 6.28. The maximum absolute atomic E-state index is 12.4. The second-order valence-corrected chi connectivity index (χ2v) is 7.31. The molecule has 1 atom stereocenters. The number of methoxy groups -OCH3 is 1. The minimum Gasteiger partial charge on any atom is -0.493 e. The number of ether oxygens (including phenoxy) is 2. The Balaban J connectivity index is 2.01. The zero-order chi connectivity index (χ0) is 18.9. The summed E-state index contributed by atoms with van der Waals surface area (Å²) in [5.74, 6) is 1.51. The molecule has 0 aliphatic heterocycles. The number of nitrogens with two attached hydrogens (primary N) is 1. The highest BCUT2D eigenvalue weighted by Crippen LogP contribution is 2.29. The molecule has 0 fully saturated rings. The third-order valence-corrected chi connectivity index (χ3v) is 4.95. The van der Waals surface area contributed by atoms with Gasteiger partial charge in [0.05, 0.1) is 7.11 Å². The van der Waals surface area contributed by atoms with Crippen LogP contribution >= 0.6 is 11.3 Å². The molecule has 0 aliphatic rings. The number of hydrogen-bond acceptors (Lipinski definition) is 5. The van der Waals surface area contributed by atoms with E-state index in [-0.39, 0.29) is 11.9 Å².